The fourth-order valence-electron chi connectivity index (χ4n) is 2.17. The van der Waals surface area contributed by atoms with Crippen LogP contribution in [0.4, 0.5) is 10.5 Å². The van der Waals surface area contributed by atoms with Crippen molar-refractivity contribution in [3.05, 3.63) is 29.8 Å². The molecule has 0 radical (unpaired) electrons. The summed E-state index contributed by atoms with van der Waals surface area (Å²) in [4.78, 5) is 14.1. The first-order chi connectivity index (χ1) is 9.71. The number of carbonyl (C=O) groups is 1. The largest absolute Gasteiger partial charge is 0.330 e. The lowest BCUT2D eigenvalue weighted by Crippen LogP contribution is -2.36. The fourth-order valence-corrected chi connectivity index (χ4v) is 2.17. The average Bonchev–Trinajstić information content (AvgIpc) is 2.45. The molecule has 0 bridgehead atoms. The third-order valence-electron chi connectivity index (χ3n) is 3.12. The van der Waals surface area contributed by atoms with Crippen LogP contribution in [0.25, 0.3) is 0 Å². The number of nitrogens with two attached hydrogens (primary N) is 1. The average molecular weight is 277 g/mol. The van der Waals surface area contributed by atoms with Gasteiger partial charge in [-0.25, -0.2) is 4.79 Å². The second kappa shape index (κ2) is 9.37. The minimum atomic E-state index is -0.00956. The second-order valence-corrected chi connectivity index (χ2v) is 5.01. The van der Waals surface area contributed by atoms with E-state index in [-0.39, 0.29) is 6.03 Å². The number of urea groups is 1. The van der Waals surface area contributed by atoms with Gasteiger partial charge in [0, 0.05) is 18.8 Å². The lowest BCUT2D eigenvalue weighted by molar-refractivity contribution is 0.211. The molecule has 4 nitrogen and oxygen atoms in total. The molecule has 0 saturated heterocycles. The molecule has 1 aromatic carbocycles. The van der Waals surface area contributed by atoms with Gasteiger partial charge in [0.15, 0.2) is 0 Å². The number of nitrogens with one attached hydrogen (secondary N) is 1. The zero-order valence-corrected chi connectivity index (χ0v) is 12.7. The van der Waals surface area contributed by atoms with E-state index in [0.29, 0.717) is 6.54 Å². The smallest absolute Gasteiger partial charge is 0.321 e. The van der Waals surface area contributed by atoms with Gasteiger partial charge in [0.05, 0.1) is 0 Å². The quantitative estimate of drug-likeness (QED) is 0.766. The summed E-state index contributed by atoms with van der Waals surface area (Å²) in [6.45, 7) is 6.46. The van der Waals surface area contributed by atoms with Gasteiger partial charge in [-0.1, -0.05) is 26.0 Å². The lowest BCUT2D eigenvalue weighted by Gasteiger charge is -2.22. The van der Waals surface area contributed by atoms with Gasteiger partial charge in [0.25, 0.3) is 0 Å². The van der Waals surface area contributed by atoms with Crippen molar-refractivity contribution in [2.75, 3.05) is 25.0 Å². The molecule has 2 amide bonds. The van der Waals surface area contributed by atoms with Crippen LogP contribution in [0.2, 0.25) is 0 Å². The Hall–Kier alpha value is -1.55. The summed E-state index contributed by atoms with van der Waals surface area (Å²) in [6, 6.07) is 8.00. The Balaban J connectivity index is 2.63. The van der Waals surface area contributed by atoms with Crippen LogP contribution < -0.4 is 11.1 Å². The number of hydrogen-bond acceptors (Lipinski definition) is 2. The Labute approximate surface area is 122 Å². The number of amides is 2. The number of anilines is 1. The molecule has 0 spiro atoms. The maximum Gasteiger partial charge on any atom is 0.321 e. The molecule has 3 N–H and O–H groups in total. The van der Waals surface area contributed by atoms with Crippen LogP contribution in [-0.2, 0) is 6.42 Å². The maximum atomic E-state index is 12.2. The topological polar surface area (TPSA) is 58.4 Å². The minimum absolute atomic E-state index is 0.00956. The van der Waals surface area contributed by atoms with Gasteiger partial charge < -0.3 is 16.0 Å². The molecule has 20 heavy (non-hydrogen) atoms. The summed E-state index contributed by atoms with van der Waals surface area (Å²) in [5.74, 6) is 0. The summed E-state index contributed by atoms with van der Waals surface area (Å²) in [5, 5.41) is 2.98. The Bertz CT molecular complexity index is 400. The standard InChI is InChI=1S/C16H27N3O/c1-3-11-19(12-4-2)16(20)18-15-9-5-7-14(13-15)8-6-10-17/h5,7,9,13H,3-4,6,8,10-12,17H2,1-2H3,(H,18,20). The molecule has 0 aliphatic heterocycles. The van der Waals surface area contributed by atoms with E-state index in [2.05, 4.69) is 25.2 Å². The molecule has 0 aromatic heterocycles. The lowest BCUT2D eigenvalue weighted by atomic mass is 10.1. The second-order valence-electron chi connectivity index (χ2n) is 5.01. The Morgan fingerprint density at radius 1 is 1.25 bits per heavy atom. The number of aryl methyl sites for hydroxylation is 1. The maximum absolute atomic E-state index is 12.2. The molecule has 4 heteroatoms. The highest BCUT2D eigenvalue weighted by Crippen LogP contribution is 2.13. The van der Waals surface area contributed by atoms with Crippen molar-refractivity contribution in [1.29, 1.82) is 0 Å². The molecular weight excluding hydrogens is 250 g/mol. The molecule has 1 rings (SSSR count). The van der Waals surface area contributed by atoms with E-state index in [0.717, 1.165) is 44.5 Å². The van der Waals surface area contributed by atoms with Crippen LogP contribution in [0.5, 0.6) is 0 Å². The number of hydrogen-bond donors (Lipinski definition) is 2. The van der Waals surface area contributed by atoms with Crippen molar-refractivity contribution in [1.82, 2.24) is 4.90 Å². The van der Waals surface area contributed by atoms with Crippen molar-refractivity contribution in [2.24, 2.45) is 5.73 Å². The molecule has 112 valence electrons. The molecule has 0 saturated carbocycles. The van der Waals surface area contributed by atoms with E-state index in [1.54, 1.807) is 0 Å². The minimum Gasteiger partial charge on any atom is -0.330 e. The van der Waals surface area contributed by atoms with Gasteiger partial charge in [-0.05, 0) is 49.9 Å². The van der Waals surface area contributed by atoms with E-state index in [4.69, 9.17) is 5.73 Å². The van der Waals surface area contributed by atoms with Gasteiger partial charge in [0.1, 0.15) is 0 Å². The third-order valence-corrected chi connectivity index (χ3v) is 3.12. The van der Waals surface area contributed by atoms with Gasteiger partial charge in [-0.3, -0.25) is 0 Å². The summed E-state index contributed by atoms with van der Waals surface area (Å²) in [5.41, 5.74) is 7.60. The first-order valence-electron chi connectivity index (χ1n) is 7.56. The van der Waals surface area contributed by atoms with E-state index >= 15 is 0 Å². The highest BCUT2D eigenvalue weighted by atomic mass is 16.2. The monoisotopic (exact) mass is 277 g/mol. The molecule has 0 aliphatic carbocycles. The summed E-state index contributed by atoms with van der Waals surface area (Å²) >= 11 is 0. The fraction of sp³-hybridized carbons (Fsp3) is 0.562. The number of carbonyl (C=O) groups excluding carboxylic acids is 1. The molecule has 1 aromatic rings. The molecule has 0 heterocycles. The van der Waals surface area contributed by atoms with Crippen LogP contribution in [0.3, 0.4) is 0 Å². The SMILES string of the molecule is CCCN(CCC)C(=O)Nc1cccc(CCCN)c1. The molecular formula is C16H27N3O. The zero-order chi connectivity index (χ0) is 14.8. The van der Waals surface area contributed by atoms with Crippen molar-refractivity contribution in [2.45, 2.75) is 39.5 Å². The summed E-state index contributed by atoms with van der Waals surface area (Å²) in [7, 11) is 0. The number of nitrogens with zero attached hydrogens (tertiary/aromatic N) is 1. The Kier molecular flexibility index (Phi) is 7.73. The van der Waals surface area contributed by atoms with E-state index in [9.17, 15) is 4.79 Å². The van der Waals surface area contributed by atoms with Crippen LogP contribution in [0, 0.1) is 0 Å². The Morgan fingerprint density at radius 2 is 1.95 bits per heavy atom. The highest BCUT2D eigenvalue weighted by Gasteiger charge is 2.11. The van der Waals surface area contributed by atoms with E-state index in [1.165, 1.54) is 5.56 Å². The molecule has 0 unspecified atom stereocenters. The normalized spacial score (nSPS) is 10.3. The summed E-state index contributed by atoms with van der Waals surface area (Å²) < 4.78 is 0. The number of benzene rings is 1. The van der Waals surface area contributed by atoms with Gasteiger partial charge >= 0.3 is 6.03 Å². The predicted octanol–water partition coefficient (Wildman–Crippen LogP) is 3.23. The van der Waals surface area contributed by atoms with Crippen LogP contribution in [0.15, 0.2) is 24.3 Å². The summed E-state index contributed by atoms with van der Waals surface area (Å²) in [6.07, 6.45) is 3.87. The zero-order valence-electron chi connectivity index (χ0n) is 12.7. The van der Waals surface area contributed by atoms with Crippen molar-refractivity contribution in [3.8, 4) is 0 Å². The van der Waals surface area contributed by atoms with Crippen molar-refractivity contribution in [3.63, 3.8) is 0 Å². The molecule has 0 aliphatic rings. The number of rotatable bonds is 8. The first-order valence-corrected chi connectivity index (χ1v) is 7.56. The van der Waals surface area contributed by atoms with Gasteiger partial charge in [-0.2, -0.15) is 0 Å². The van der Waals surface area contributed by atoms with Gasteiger partial charge in [-0.15, -0.1) is 0 Å². The third kappa shape index (κ3) is 5.61. The van der Waals surface area contributed by atoms with Crippen molar-refractivity contribution < 1.29 is 4.79 Å². The van der Waals surface area contributed by atoms with Crippen LogP contribution >= 0.6 is 0 Å². The van der Waals surface area contributed by atoms with Crippen LogP contribution in [-0.4, -0.2) is 30.6 Å². The van der Waals surface area contributed by atoms with Crippen LogP contribution in [0.1, 0.15) is 38.7 Å². The predicted molar refractivity (Wildman–Crippen MR) is 85.0 cm³/mol. The first kappa shape index (κ1) is 16.5. The molecule has 0 fully saturated rings. The Morgan fingerprint density at radius 3 is 2.55 bits per heavy atom. The van der Waals surface area contributed by atoms with E-state index < -0.39 is 0 Å². The van der Waals surface area contributed by atoms with Gasteiger partial charge in [0.2, 0.25) is 0 Å². The van der Waals surface area contributed by atoms with E-state index in [1.807, 2.05) is 23.1 Å². The molecule has 0 atom stereocenters. The highest BCUT2D eigenvalue weighted by molar-refractivity contribution is 5.89. The van der Waals surface area contributed by atoms with Crippen molar-refractivity contribution >= 4 is 11.7 Å².